The molecule has 1 aliphatic carbocycles. The normalized spacial score (nSPS) is 31.2. The highest BCUT2D eigenvalue weighted by atomic mass is 32.2. The lowest BCUT2D eigenvalue weighted by Crippen LogP contribution is -2.34. The van der Waals surface area contributed by atoms with Gasteiger partial charge in [0.1, 0.15) is 0 Å². The van der Waals surface area contributed by atoms with Crippen molar-refractivity contribution in [3.05, 3.63) is 0 Å². The summed E-state index contributed by atoms with van der Waals surface area (Å²) in [6, 6.07) is 0. The van der Waals surface area contributed by atoms with Crippen LogP contribution >= 0.6 is 11.8 Å². The van der Waals surface area contributed by atoms with E-state index in [1.54, 1.807) is 0 Å². The van der Waals surface area contributed by atoms with Gasteiger partial charge in [0.05, 0.1) is 0 Å². The SMILES string of the molecule is C1CCC2(C1)CCNCS2. The van der Waals surface area contributed by atoms with E-state index in [4.69, 9.17) is 0 Å². The van der Waals surface area contributed by atoms with Gasteiger partial charge in [-0.25, -0.2) is 0 Å². The molecule has 1 nitrogen and oxygen atoms in total. The zero-order valence-electron chi connectivity index (χ0n) is 6.36. The summed E-state index contributed by atoms with van der Waals surface area (Å²) in [6.07, 6.45) is 7.34. The van der Waals surface area contributed by atoms with Crippen LogP contribution in [-0.4, -0.2) is 17.2 Å². The summed E-state index contributed by atoms with van der Waals surface area (Å²) in [6.45, 7) is 1.26. The average molecular weight is 157 g/mol. The van der Waals surface area contributed by atoms with Crippen molar-refractivity contribution in [2.75, 3.05) is 12.4 Å². The number of rotatable bonds is 0. The Morgan fingerprint density at radius 3 is 2.50 bits per heavy atom. The molecule has 1 saturated heterocycles. The summed E-state index contributed by atoms with van der Waals surface area (Å²) in [5.41, 5.74) is 0. The number of hydrogen-bond donors (Lipinski definition) is 1. The molecular formula is C8H15NS. The molecule has 1 heterocycles. The lowest BCUT2D eigenvalue weighted by atomic mass is 10.0. The van der Waals surface area contributed by atoms with Crippen LogP contribution in [0, 0.1) is 0 Å². The predicted octanol–water partition coefficient (Wildman–Crippen LogP) is 1.98. The van der Waals surface area contributed by atoms with Gasteiger partial charge in [-0.2, -0.15) is 0 Å². The third-order valence-electron chi connectivity index (χ3n) is 2.75. The fourth-order valence-electron chi connectivity index (χ4n) is 2.08. The molecule has 0 radical (unpaired) electrons. The van der Waals surface area contributed by atoms with Gasteiger partial charge in [-0.15, -0.1) is 11.8 Å². The molecule has 2 heteroatoms. The van der Waals surface area contributed by atoms with E-state index in [2.05, 4.69) is 17.1 Å². The van der Waals surface area contributed by atoms with E-state index in [9.17, 15) is 0 Å². The highest BCUT2D eigenvalue weighted by Gasteiger charge is 2.35. The van der Waals surface area contributed by atoms with E-state index in [-0.39, 0.29) is 0 Å². The molecule has 2 aliphatic rings. The summed E-state index contributed by atoms with van der Waals surface area (Å²) >= 11 is 2.16. The van der Waals surface area contributed by atoms with Crippen LogP contribution in [0.15, 0.2) is 0 Å². The molecule has 0 aromatic carbocycles. The third kappa shape index (κ3) is 1.19. The first-order valence-corrected chi connectivity index (χ1v) is 5.25. The summed E-state index contributed by atoms with van der Waals surface area (Å²) in [5.74, 6) is 1.19. The maximum Gasteiger partial charge on any atom is 0.0423 e. The maximum atomic E-state index is 3.40. The summed E-state index contributed by atoms with van der Waals surface area (Å²) in [7, 11) is 0. The summed E-state index contributed by atoms with van der Waals surface area (Å²) < 4.78 is 0.727. The highest BCUT2D eigenvalue weighted by molar-refractivity contribution is 8.00. The Kier molecular flexibility index (Phi) is 1.92. The van der Waals surface area contributed by atoms with Gasteiger partial charge in [0.15, 0.2) is 0 Å². The van der Waals surface area contributed by atoms with Crippen LogP contribution in [0.3, 0.4) is 0 Å². The number of nitrogens with one attached hydrogen (secondary N) is 1. The van der Waals surface area contributed by atoms with Crippen molar-refractivity contribution in [3.63, 3.8) is 0 Å². The van der Waals surface area contributed by atoms with E-state index in [1.165, 1.54) is 44.5 Å². The lowest BCUT2D eigenvalue weighted by Gasteiger charge is -2.32. The Hall–Kier alpha value is 0.310. The van der Waals surface area contributed by atoms with Crippen LogP contribution in [-0.2, 0) is 0 Å². The molecule has 58 valence electrons. The van der Waals surface area contributed by atoms with Crippen LogP contribution in [0.2, 0.25) is 0 Å². The number of hydrogen-bond acceptors (Lipinski definition) is 2. The lowest BCUT2D eigenvalue weighted by molar-refractivity contribution is 0.515. The second-order valence-corrected chi connectivity index (χ2v) is 4.87. The molecule has 0 atom stereocenters. The quantitative estimate of drug-likeness (QED) is 0.577. The molecule has 0 bridgehead atoms. The van der Waals surface area contributed by atoms with Gasteiger partial charge in [-0.3, -0.25) is 0 Å². The Morgan fingerprint density at radius 2 is 1.90 bits per heavy atom. The van der Waals surface area contributed by atoms with E-state index in [0.29, 0.717) is 0 Å². The third-order valence-corrected chi connectivity index (χ3v) is 4.33. The van der Waals surface area contributed by atoms with Gasteiger partial charge in [0.2, 0.25) is 0 Å². The van der Waals surface area contributed by atoms with Gasteiger partial charge in [-0.1, -0.05) is 12.8 Å². The predicted molar refractivity (Wildman–Crippen MR) is 46.3 cm³/mol. The molecule has 10 heavy (non-hydrogen) atoms. The smallest absolute Gasteiger partial charge is 0.0423 e. The zero-order chi connectivity index (χ0) is 6.86. The molecule has 1 aliphatic heterocycles. The molecule has 1 saturated carbocycles. The monoisotopic (exact) mass is 157 g/mol. The van der Waals surface area contributed by atoms with Crippen molar-refractivity contribution >= 4 is 11.8 Å². The minimum Gasteiger partial charge on any atom is -0.308 e. The van der Waals surface area contributed by atoms with Gasteiger partial charge in [-0.05, 0) is 25.8 Å². The molecule has 2 fully saturated rings. The average Bonchev–Trinajstić information content (AvgIpc) is 2.39. The van der Waals surface area contributed by atoms with Crippen molar-refractivity contribution in [2.45, 2.75) is 36.9 Å². The van der Waals surface area contributed by atoms with E-state index in [1.807, 2.05) is 0 Å². The van der Waals surface area contributed by atoms with Crippen LogP contribution in [0.1, 0.15) is 32.1 Å². The molecule has 2 rings (SSSR count). The standard InChI is InChI=1S/C8H15NS/c1-2-4-8(3-1)5-6-9-7-10-8/h9H,1-7H2. The highest BCUT2D eigenvalue weighted by Crippen LogP contribution is 2.44. The number of thioether (sulfide) groups is 1. The van der Waals surface area contributed by atoms with Crippen molar-refractivity contribution < 1.29 is 0 Å². The molecule has 1 N–H and O–H groups in total. The molecule has 0 amide bonds. The second kappa shape index (κ2) is 2.74. The molecule has 0 unspecified atom stereocenters. The van der Waals surface area contributed by atoms with Crippen molar-refractivity contribution in [3.8, 4) is 0 Å². The Balaban J connectivity index is 1.98. The molecule has 1 spiro atoms. The second-order valence-electron chi connectivity index (χ2n) is 3.43. The van der Waals surface area contributed by atoms with Gasteiger partial charge >= 0.3 is 0 Å². The first-order chi connectivity index (χ1) is 4.91. The van der Waals surface area contributed by atoms with Gasteiger partial charge in [0, 0.05) is 10.6 Å². The van der Waals surface area contributed by atoms with Crippen LogP contribution in [0.5, 0.6) is 0 Å². The van der Waals surface area contributed by atoms with Crippen LogP contribution in [0.4, 0.5) is 0 Å². The maximum absolute atomic E-state index is 3.40. The molecule has 0 aromatic rings. The van der Waals surface area contributed by atoms with Crippen LogP contribution in [0.25, 0.3) is 0 Å². The van der Waals surface area contributed by atoms with Crippen molar-refractivity contribution in [1.82, 2.24) is 5.32 Å². The van der Waals surface area contributed by atoms with Crippen molar-refractivity contribution in [1.29, 1.82) is 0 Å². The Labute approximate surface area is 67.0 Å². The largest absolute Gasteiger partial charge is 0.308 e. The van der Waals surface area contributed by atoms with Gasteiger partial charge in [0.25, 0.3) is 0 Å². The Morgan fingerprint density at radius 1 is 1.10 bits per heavy atom. The minimum absolute atomic E-state index is 0.727. The van der Waals surface area contributed by atoms with Crippen LogP contribution < -0.4 is 5.32 Å². The van der Waals surface area contributed by atoms with E-state index in [0.717, 1.165) is 4.75 Å². The minimum atomic E-state index is 0.727. The van der Waals surface area contributed by atoms with E-state index >= 15 is 0 Å². The van der Waals surface area contributed by atoms with Gasteiger partial charge < -0.3 is 5.32 Å². The first-order valence-electron chi connectivity index (χ1n) is 4.26. The molecular weight excluding hydrogens is 142 g/mol. The topological polar surface area (TPSA) is 12.0 Å². The fraction of sp³-hybridized carbons (Fsp3) is 1.00. The first kappa shape index (κ1) is 6.99. The Bertz CT molecular complexity index is 110. The van der Waals surface area contributed by atoms with Crippen molar-refractivity contribution in [2.24, 2.45) is 0 Å². The summed E-state index contributed by atoms with van der Waals surface area (Å²) in [5, 5.41) is 3.40. The summed E-state index contributed by atoms with van der Waals surface area (Å²) in [4.78, 5) is 0. The zero-order valence-corrected chi connectivity index (χ0v) is 7.17. The molecule has 0 aromatic heterocycles. The fourth-order valence-corrected chi connectivity index (χ4v) is 3.45. The van der Waals surface area contributed by atoms with E-state index < -0.39 is 0 Å².